The highest BCUT2D eigenvalue weighted by Gasteiger charge is 2.15. The first kappa shape index (κ1) is 10.5. The maximum atomic E-state index is 6.05. The van der Waals surface area contributed by atoms with Crippen LogP contribution in [0.25, 0.3) is 11.6 Å². The highest BCUT2D eigenvalue weighted by atomic mass is 35.5. The Morgan fingerprint density at radius 3 is 2.94 bits per heavy atom. The third kappa shape index (κ3) is 2.11. The Labute approximate surface area is 106 Å². The van der Waals surface area contributed by atoms with E-state index in [4.69, 9.17) is 11.6 Å². The lowest BCUT2D eigenvalue weighted by Gasteiger charge is -2.02. The molecule has 0 atom stereocenters. The van der Waals surface area contributed by atoms with Gasteiger partial charge in [-0.3, -0.25) is 4.98 Å². The fourth-order valence-corrected chi connectivity index (χ4v) is 2.45. The first-order valence-corrected chi connectivity index (χ1v) is 6.10. The number of aryl methyl sites for hydroxylation is 1. The van der Waals surface area contributed by atoms with E-state index in [1.165, 1.54) is 16.7 Å². The minimum Gasteiger partial charge on any atom is -0.264 e. The fourth-order valence-electron chi connectivity index (χ4n) is 2.28. The molecule has 0 bridgehead atoms. The zero-order chi connectivity index (χ0) is 11.7. The van der Waals surface area contributed by atoms with Crippen LogP contribution >= 0.6 is 11.6 Å². The van der Waals surface area contributed by atoms with Crippen LogP contribution in [0.4, 0.5) is 0 Å². The Hall–Kier alpha value is -1.60. The summed E-state index contributed by atoms with van der Waals surface area (Å²) < 4.78 is 0. The standard InChI is InChI=1S/C15H12ClN/c16-14-6-5-12-3-4-13(15(12)9-14)8-11-2-1-7-17-10-11/h1-2,5-10H,3-4H2/b13-8-. The van der Waals surface area contributed by atoms with Gasteiger partial charge in [0, 0.05) is 17.4 Å². The lowest BCUT2D eigenvalue weighted by atomic mass is 10.1. The van der Waals surface area contributed by atoms with Crippen LogP contribution < -0.4 is 0 Å². The number of fused-ring (bicyclic) bond motifs is 1. The molecule has 1 heterocycles. The van der Waals surface area contributed by atoms with Crippen molar-refractivity contribution in [2.45, 2.75) is 12.8 Å². The van der Waals surface area contributed by atoms with E-state index in [1.807, 2.05) is 18.3 Å². The van der Waals surface area contributed by atoms with E-state index in [0.29, 0.717) is 0 Å². The molecule has 17 heavy (non-hydrogen) atoms. The zero-order valence-corrected chi connectivity index (χ0v) is 10.1. The number of hydrogen-bond acceptors (Lipinski definition) is 1. The van der Waals surface area contributed by atoms with Gasteiger partial charge in [0.1, 0.15) is 0 Å². The summed E-state index contributed by atoms with van der Waals surface area (Å²) in [4.78, 5) is 4.13. The molecule has 0 spiro atoms. The monoisotopic (exact) mass is 241 g/mol. The summed E-state index contributed by atoms with van der Waals surface area (Å²) in [6.07, 6.45) is 8.08. The average molecular weight is 242 g/mol. The summed E-state index contributed by atoms with van der Waals surface area (Å²) in [7, 11) is 0. The Kier molecular flexibility index (Phi) is 2.69. The number of aromatic nitrogens is 1. The second-order valence-electron chi connectivity index (χ2n) is 4.26. The number of rotatable bonds is 1. The predicted octanol–water partition coefficient (Wildman–Crippen LogP) is 4.22. The van der Waals surface area contributed by atoms with Crippen LogP contribution in [0.15, 0.2) is 42.7 Å². The van der Waals surface area contributed by atoms with Crippen molar-refractivity contribution >= 4 is 23.3 Å². The Balaban J connectivity index is 2.04. The van der Waals surface area contributed by atoms with Crippen LogP contribution in [0, 0.1) is 0 Å². The van der Waals surface area contributed by atoms with E-state index >= 15 is 0 Å². The van der Waals surface area contributed by atoms with Gasteiger partial charge in [-0.2, -0.15) is 0 Å². The normalized spacial score (nSPS) is 16.2. The van der Waals surface area contributed by atoms with Crippen LogP contribution in [0.2, 0.25) is 5.02 Å². The Bertz CT molecular complexity index is 573. The van der Waals surface area contributed by atoms with Gasteiger partial charge in [0.2, 0.25) is 0 Å². The van der Waals surface area contributed by atoms with Crippen molar-refractivity contribution in [3.05, 3.63) is 64.4 Å². The van der Waals surface area contributed by atoms with E-state index in [9.17, 15) is 0 Å². The van der Waals surface area contributed by atoms with Gasteiger partial charge in [0.05, 0.1) is 0 Å². The quantitative estimate of drug-likeness (QED) is 0.728. The average Bonchev–Trinajstić information content (AvgIpc) is 2.73. The summed E-state index contributed by atoms with van der Waals surface area (Å²) in [5.41, 5.74) is 5.19. The minimum atomic E-state index is 0.808. The zero-order valence-electron chi connectivity index (χ0n) is 9.36. The molecule has 0 N–H and O–H groups in total. The number of allylic oxidation sites excluding steroid dienone is 1. The smallest absolute Gasteiger partial charge is 0.0412 e. The van der Waals surface area contributed by atoms with Gasteiger partial charge in [0.15, 0.2) is 0 Å². The number of benzene rings is 1. The first-order chi connectivity index (χ1) is 8.33. The molecule has 0 fully saturated rings. The van der Waals surface area contributed by atoms with Gasteiger partial charge in [-0.15, -0.1) is 0 Å². The van der Waals surface area contributed by atoms with Crippen LogP contribution in [0.3, 0.4) is 0 Å². The third-order valence-corrected chi connectivity index (χ3v) is 3.34. The molecule has 1 aliphatic carbocycles. The van der Waals surface area contributed by atoms with Gasteiger partial charge in [-0.25, -0.2) is 0 Å². The molecule has 0 aliphatic heterocycles. The van der Waals surface area contributed by atoms with Gasteiger partial charge < -0.3 is 0 Å². The lowest BCUT2D eigenvalue weighted by Crippen LogP contribution is -1.81. The summed E-state index contributed by atoms with van der Waals surface area (Å²) in [5.74, 6) is 0. The van der Waals surface area contributed by atoms with Crippen molar-refractivity contribution in [2.24, 2.45) is 0 Å². The maximum absolute atomic E-state index is 6.05. The molecule has 0 unspecified atom stereocenters. The van der Waals surface area contributed by atoms with Crippen LogP contribution in [-0.4, -0.2) is 4.98 Å². The molecule has 84 valence electrons. The van der Waals surface area contributed by atoms with Gasteiger partial charge in [-0.1, -0.05) is 23.7 Å². The maximum Gasteiger partial charge on any atom is 0.0412 e. The number of halogens is 1. The molecule has 1 aliphatic rings. The fraction of sp³-hybridized carbons (Fsp3) is 0.133. The lowest BCUT2D eigenvalue weighted by molar-refractivity contribution is 1.08. The highest BCUT2D eigenvalue weighted by molar-refractivity contribution is 6.30. The van der Waals surface area contributed by atoms with Crippen LogP contribution in [-0.2, 0) is 6.42 Å². The van der Waals surface area contributed by atoms with Crippen molar-refractivity contribution in [2.75, 3.05) is 0 Å². The first-order valence-electron chi connectivity index (χ1n) is 5.72. The van der Waals surface area contributed by atoms with Crippen LogP contribution in [0.5, 0.6) is 0 Å². The summed E-state index contributed by atoms with van der Waals surface area (Å²) in [5, 5.41) is 0.808. The highest BCUT2D eigenvalue weighted by Crippen LogP contribution is 2.35. The topological polar surface area (TPSA) is 12.9 Å². The van der Waals surface area contributed by atoms with E-state index in [-0.39, 0.29) is 0 Å². The van der Waals surface area contributed by atoms with Crippen molar-refractivity contribution in [1.82, 2.24) is 4.98 Å². The second kappa shape index (κ2) is 4.34. The summed E-state index contributed by atoms with van der Waals surface area (Å²) in [6, 6.07) is 10.2. The number of nitrogens with zero attached hydrogens (tertiary/aromatic N) is 1. The molecule has 0 saturated heterocycles. The van der Waals surface area contributed by atoms with Gasteiger partial charge in [-0.05, 0) is 59.4 Å². The molecule has 0 amide bonds. The minimum absolute atomic E-state index is 0.808. The number of pyridine rings is 1. The molecule has 1 nitrogen and oxygen atoms in total. The molecule has 0 radical (unpaired) electrons. The predicted molar refractivity (Wildman–Crippen MR) is 71.9 cm³/mol. The van der Waals surface area contributed by atoms with Crippen molar-refractivity contribution < 1.29 is 0 Å². The molecule has 3 rings (SSSR count). The van der Waals surface area contributed by atoms with E-state index in [0.717, 1.165) is 23.4 Å². The number of hydrogen-bond donors (Lipinski definition) is 0. The molecule has 2 aromatic rings. The Morgan fingerprint density at radius 1 is 1.18 bits per heavy atom. The van der Waals surface area contributed by atoms with E-state index < -0.39 is 0 Å². The van der Waals surface area contributed by atoms with E-state index in [1.54, 1.807) is 6.20 Å². The third-order valence-electron chi connectivity index (χ3n) is 3.11. The molecular formula is C15H12ClN. The van der Waals surface area contributed by atoms with Crippen molar-refractivity contribution in [3.63, 3.8) is 0 Å². The van der Waals surface area contributed by atoms with Crippen molar-refractivity contribution in [1.29, 1.82) is 0 Å². The molecular weight excluding hydrogens is 230 g/mol. The Morgan fingerprint density at radius 2 is 2.12 bits per heavy atom. The molecule has 1 aromatic heterocycles. The second-order valence-corrected chi connectivity index (χ2v) is 4.69. The molecule has 0 saturated carbocycles. The van der Waals surface area contributed by atoms with Gasteiger partial charge in [0.25, 0.3) is 0 Å². The van der Waals surface area contributed by atoms with Crippen molar-refractivity contribution in [3.8, 4) is 0 Å². The molecule has 2 heteroatoms. The summed E-state index contributed by atoms with van der Waals surface area (Å²) in [6.45, 7) is 0. The SMILES string of the molecule is Clc1ccc2c(c1)/C(=C\c1cccnc1)CC2. The van der Waals surface area contributed by atoms with Gasteiger partial charge >= 0.3 is 0 Å². The summed E-state index contributed by atoms with van der Waals surface area (Å²) >= 11 is 6.05. The largest absolute Gasteiger partial charge is 0.264 e. The van der Waals surface area contributed by atoms with Crippen LogP contribution in [0.1, 0.15) is 23.1 Å². The van der Waals surface area contributed by atoms with E-state index in [2.05, 4.69) is 29.3 Å². The molecule has 1 aromatic carbocycles.